The second kappa shape index (κ2) is 6.17. The van der Waals surface area contributed by atoms with Crippen molar-refractivity contribution in [3.63, 3.8) is 0 Å². The molecule has 0 atom stereocenters. The van der Waals surface area contributed by atoms with Gasteiger partial charge in [-0.25, -0.2) is 0 Å². The van der Waals surface area contributed by atoms with Crippen LogP contribution in [0.15, 0.2) is 53.4 Å². The lowest BCUT2D eigenvalue weighted by molar-refractivity contribution is -0.115. The van der Waals surface area contributed by atoms with Crippen molar-refractivity contribution in [1.29, 1.82) is 0 Å². The lowest BCUT2D eigenvalue weighted by Gasteiger charge is -2.13. The van der Waals surface area contributed by atoms with E-state index in [9.17, 15) is 4.79 Å². The highest BCUT2D eigenvalue weighted by Crippen LogP contribution is 2.31. The quantitative estimate of drug-likeness (QED) is 0.527. The molecular weight excluding hydrogens is 348 g/mol. The number of carbonyl (C=O) groups is 1. The van der Waals surface area contributed by atoms with Crippen molar-refractivity contribution in [2.45, 2.75) is 13.8 Å². The molecule has 1 aromatic heterocycles. The van der Waals surface area contributed by atoms with E-state index in [1.165, 1.54) is 22.5 Å². The van der Waals surface area contributed by atoms with Gasteiger partial charge in [0.1, 0.15) is 4.32 Å². The fraction of sp³-hybridized carbons (Fsp3) is 0.100. The summed E-state index contributed by atoms with van der Waals surface area (Å²) in [6.07, 6.45) is 1.92. The van der Waals surface area contributed by atoms with Crippen LogP contribution >= 0.6 is 24.0 Å². The summed E-state index contributed by atoms with van der Waals surface area (Å²) in [5.41, 5.74) is 4.42. The fourth-order valence-electron chi connectivity index (χ4n) is 3.27. The first-order chi connectivity index (χ1) is 12.0. The van der Waals surface area contributed by atoms with Crippen LogP contribution in [-0.2, 0) is 4.79 Å². The largest absolute Gasteiger partial charge is 0.317 e. The van der Waals surface area contributed by atoms with E-state index in [1.807, 2.05) is 6.08 Å². The molecule has 0 saturated carbocycles. The minimum absolute atomic E-state index is 0.120. The van der Waals surface area contributed by atoms with Crippen LogP contribution in [0.25, 0.3) is 22.5 Å². The topological polar surface area (TPSA) is 34.0 Å². The minimum Gasteiger partial charge on any atom is -0.317 e. The maximum atomic E-state index is 11.9. The van der Waals surface area contributed by atoms with Crippen LogP contribution in [0.3, 0.4) is 0 Å². The van der Waals surface area contributed by atoms with Gasteiger partial charge in [0.05, 0.1) is 10.6 Å². The van der Waals surface area contributed by atoms with Crippen LogP contribution in [0.5, 0.6) is 0 Å². The number of benzene rings is 2. The molecule has 2 heterocycles. The van der Waals surface area contributed by atoms with Gasteiger partial charge in [-0.2, -0.15) is 0 Å². The first-order valence-corrected chi connectivity index (χ1v) is 9.19. The maximum absolute atomic E-state index is 11.9. The monoisotopic (exact) mass is 364 g/mol. The van der Waals surface area contributed by atoms with E-state index in [0.717, 1.165) is 22.6 Å². The summed E-state index contributed by atoms with van der Waals surface area (Å²) in [5, 5.41) is 5.08. The van der Waals surface area contributed by atoms with E-state index in [4.69, 9.17) is 12.2 Å². The molecule has 0 radical (unpaired) electrons. The smallest absolute Gasteiger partial charge is 0.263 e. The molecule has 25 heavy (non-hydrogen) atoms. The molecule has 0 unspecified atom stereocenters. The van der Waals surface area contributed by atoms with Gasteiger partial charge in [0.15, 0.2) is 0 Å². The lowest BCUT2D eigenvalue weighted by Crippen LogP contribution is -2.17. The molecule has 1 N–H and O–H groups in total. The van der Waals surface area contributed by atoms with E-state index in [-0.39, 0.29) is 5.91 Å². The van der Waals surface area contributed by atoms with E-state index >= 15 is 0 Å². The third-order valence-corrected chi connectivity index (χ3v) is 5.57. The van der Waals surface area contributed by atoms with Crippen molar-refractivity contribution in [2.24, 2.45) is 0 Å². The molecule has 1 aliphatic rings. The Morgan fingerprint density at radius 3 is 2.64 bits per heavy atom. The Labute approximate surface area is 155 Å². The number of carbonyl (C=O) groups excluding carboxylic acids is 1. The molecular formula is C20H16N2OS2. The molecule has 0 spiro atoms. The average molecular weight is 364 g/mol. The van der Waals surface area contributed by atoms with Crippen molar-refractivity contribution in [3.8, 4) is 5.69 Å². The van der Waals surface area contributed by atoms with Gasteiger partial charge in [0.2, 0.25) is 0 Å². The Morgan fingerprint density at radius 1 is 1.12 bits per heavy atom. The summed E-state index contributed by atoms with van der Waals surface area (Å²) < 4.78 is 2.75. The molecule has 5 heteroatoms. The number of aromatic nitrogens is 1. The molecule has 3 aromatic rings. The number of nitrogens with one attached hydrogen (secondary N) is 1. The predicted octanol–water partition coefficient (Wildman–Crippen LogP) is 4.74. The summed E-state index contributed by atoms with van der Waals surface area (Å²) in [6, 6.07) is 16.8. The van der Waals surface area contributed by atoms with Gasteiger partial charge >= 0.3 is 0 Å². The van der Waals surface area contributed by atoms with Gasteiger partial charge < -0.3 is 9.88 Å². The van der Waals surface area contributed by atoms with Crippen molar-refractivity contribution in [2.75, 3.05) is 0 Å². The van der Waals surface area contributed by atoms with Crippen LogP contribution in [0.1, 0.15) is 17.0 Å². The Morgan fingerprint density at radius 2 is 1.88 bits per heavy atom. The first-order valence-electron chi connectivity index (χ1n) is 7.96. The van der Waals surface area contributed by atoms with Crippen LogP contribution < -0.4 is 5.32 Å². The Balaban J connectivity index is 1.87. The van der Waals surface area contributed by atoms with Gasteiger partial charge in [0.25, 0.3) is 5.91 Å². The van der Waals surface area contributed by atoms with E-state index < -0.39 is 0 Å². The van der Waals surface area contributed by atoms with Gasteiger partial charge in [-0.1, -0.05) is 60.4 Å². The number of thiocarbonyl (C=S) groups is 1. The molecule has 124 valence electrons. The molecule has 0 bridgehead atoms. The number of hydrogen-bond donors (Lipinski definition) is 1. The number of nitrogens with zero attached hydrogens (tertiary/aromatic N) is 1. The SMILES string of the molecule is Cc1cc(C=C2SC(=S)NC2=O)c(C)n1-c1cccc2ccccc12. The van der Waals surface area contributed by atoms with Crippen LogP contribution in [-0.4, -0.2) is 14.8 Å². The Bertz CT molecular complexity index is 1060. The van der Waals surface area contributed by atoms with Crippen molar-refractivity contribution >= 4 is 51.1 Å². The van der Waals surface area contributed by atoms with E-state index in [1.54, 1.807) is 0 Å². The Kier molecular flexibility index (Phi) is 3.98. The second-order valence-electron chi connectivity index (χ2n) is 6.01. The van der Waals surface area contributed by atoms with Crippen molar-refractivity contribution < 1.29 is 4.79 Å². The number of fused-ring (bicyclic) bond motifs is 1. The average Bonchev–Trinajstić information content (AvgIpc) is 3.05. The zero-order valence-electron chi connectivity index (χ0n) is 13.9. The number of aryl methyl sites for hydroxylation is 1. The zero-order valence-corrected chi connectivity index (χ0v) is 15.5. The summed E-state index contributed by atoms with van der Waals surface area (Å²) in [7, 11) is 0. The summed E-state index contributed by atoms with van der Waals surface area (Å²) in [6.45, 7) is 4.17. The minimum atomic E-state index is -0.120. The third-order valence-electron chi connectivity index (χ3n) is 4.41. The highest BCUT2D eigenvalue weighted by molar-refractivity contribution is 8.26. The molecule has 4 rings (SSSR count). The number of thioether (sulfide) groups is 1. The number of rotatable bonds is 2. The standard InChI is InChI=1S/C20H16N2OS2/c1-12-10-15(11-18-19(23)21-20(24)25-18)13(2)22(12)17-9-5-7-14-6-3-4-8-16(14)17/h3-11H,1-2H3,(H,21,23,24). The Hall–Kier alpha value is -2.37. The highest BCUT2D eigenvalue weighted by Gasteiger charge is 2.23. The van der Waals surface area contributed by atoms with Crippen LogP contribution in [0, 0.1) is 13.8 Å². The summed E-state index contributed by atoms with van der Waals surface area (Å²) in [4.78, 5) is 12.6. The molecule has 3 nitrogen and oxygen atoms in total. The van der Waals surface area contributed by atoms with E-state index in [2.05, 4.69) is 72.3 Å². The number of amides is 1. The van der Waals surface area contributed by atoms with Gasteiger partial charge in [-0.05, 0) is 43.0 Å². The molecule has 2 aromatic carbocycles. The van der Waals surface area contributed by atoms with Crippen LogP contribution in [0.2, 0.25) is 0 Å². The van der Waals surface area contributed by atoms with Crippen LogP contribution in [0.4, 0.5) is 0 Å². The first kappa shape index (κ1) is 16.1. The third kappa shape index (κ3) is 2.79. The van der Waals surface area contributed by atoms with E-state index in [0.29, 0.717) is 9.23 Å². The van der Waals surface area contributed by atoms with Crippen molar-refractivity contribution in [3.05, 3.63) is 70.4 Å². The number of hydrogen-bond acceptors (Lipinski definition) is 3. The summed E-state index contributed by atoms with van der Waals surface area (Å²) in [5.74, 6) is -0.120. The molecule has 0 aliphatic carbocycles. The fourth-order valence-corrected chi connectivity index (χ4v) is 4.31. The molecule has 1 aliphatic heterocycles. The molecule has 1 saturated heterocycles. The summed E-state index contributed by atoms with van der Waals surface area (Å²) >= 11 is 6.38. The van der Waals surface area contributed by atoms with Crippen molar-refractivity contribution in [1.82, 2.24) is 9.88 Å². The second-order valence-corrected chi connectivity index (χ2v) is 7.73. The van der Waals surface area contributed by atoms with Gasteiger partial charge in [-0.3, -0.25) is 4.79 Å². The highest BCUT2D eigenvalue weighted by atomic mass is 32.2. The van der Waals surface area contributed by atoms with Gasteiger partial charge in [0, 0.05) is 16.8 Å². The molecule has 1 amide bonds. The lowest BCUT2D eigenvalue weighted by atomic mass is 10.1. The predicted molar refractivity (Wildman–Crippen MR) is 109 cm³/mol. The van der Waals surface area contributed by atoms with Gasteiger partial charge in [-0.15, -0.1) is 0 Å². The normalized spacial score (nSPS) is 16.0. The maximum Gasteiger partial charge on any atom is 0.263 e. The molecule has 1 fully saturated rings. The zero-order chi connectivity index (χ0) is 17.6.